The summed E-state index contributed by atoms with van der Waals surface area (Å²) >= 11 is 0. The van der Waals surface area contributed by atoms with Crippen molar-refractivity contribution in [2.45, 2.75) is 26.2 Å². The molecule has 55 heavy (non-hydrogen) atoms. The monoisotopic (exact) mass is 708 g/mol. The standard InChI is InChI=1S/C52H40N2O/c1-35-14-10-24-48-50(35)54-47-34-41(28-31-45(47)52(2,3)46-23-13-25-49(55-48)51(46)54)39-18-11-17-38(32-39)40-19-12-22-44(33-40)53(42-20-8-5-9-21-42)43-29-26-37(27-30-43)36-15-6-4-7-16-36/h4-34H,1-3H3. The SMILES string of the molecule is Cc1cccc2c1N1c3cc(-c4cccc(-c5cccc(N(c6ccccc6)c6ccc(-c7ccccc7)cc6)c5)c4)ccc3C(C)(C)c3cccc(c31)O2. The van der Waals surface area contributed by atoms with E-state index in [0.29, 0.717) is 0 Å². The minimum Gasteiger partial charge on any atom is -0.453 e. The Morgan fingerprint density at radius 1 is 0.418 bits per heavy atom. The summed E-state index contributed by atoms with van der Waals surface area (Å²) in [6, 6.07) is 67.7. The Labute approximate surface area is 323 Å². The molecule has 0 aliphatic carbocycles. The molecule has 10 rings (SSSR count). The highest BCUT2D eigenvalue weighted by molar-refractivity contribution is 5.95. The average Bonchev–Trinajstić information content (AvgIpc) is 3.23. The molecular formula is C52H40N2O. The number of anilines is 6. The third-order valence-electron chi connectivity index (χ3n) is 11.3. The molecule has 0 atom stereocenters. The zero-order valence-electron chi connectivity index (χ0n) is 31.2. The molecule has 0 saturated carbocycles. The number of nitrogens with zero attached hydrogens (tertiary/aromatic N) is 2. The highest BCUT2D eigenvalue weighted by Crippen LogP contribution is 2.60. The average molecular weight is 709 g/mol. The molecule has 0 N–H and O–H groups in total. The van der Waals surface area contributed by atoms with Crippen LogP contribution in [0.4, 0.5) is 34.1 Å². The third kappa shape index (κ3) is 5.51. The van der Waals surface area contributed by atoms with E-state index in [-0.39, 0.29) is 5.41 Å². The third-order valence-corrected chi connectivity index (χ3v) is 11.3. The molecule has 0 spiro atoms. The van der Waals surface area contributed by atoms with Crippen LogP contribution < -0.4 is 14.5 Å². The number of ether oxygens (including phenoxy) is 1. The first-order chi connectivity index (χ1) is 26.9. The molecule has 8 aromatic carbocycles. The van der Waals surface area contributed by atoms with Crippen LogP contribution >= 0.6 is 0 Å². The maximum Gasteiger partial charge on any atom is 0.151 e. The lowest BCUT2D eigenvalue weighted by Crippen LogP contribution is -2.32. The fourth-order valence-corrected chi connectivity index (χ4v) is 8.54. The van der Waals surface area contributed by atoms with Gasteiger partial charge in [-0.1, -0.05) is 141 Å². The van der Waals surface area contributed by atoms with Crippen molar-refractivity contribution in [2.24, 2.45) is 0 Å². The largest absolute Gasteiger partial charge is 0.453 e. The summed E-state index contributed by atoms with van der Waals surface area (Å²) in [4.78, 5) is 4.78. The van der Waals surface area contributed by atoms with E-state index < -0.39 is 0 Å². The topological polar surface area (TPSA) is 15.7 Å². The Morgan fingerprint density at radius 2 is 0.945 bits per heavy atom. The van der Waals surface area contributed by atoms with E-state index in [4.69, 9.17) is 4.74 Å². The van der Waals surface area contributed by atoms with E-state index in [9.17, 15) is 0 Å². The van der Waals surface area contributed by atoms with Crippen molar-refractivity contribution < 1.29 is 4.74 Å². The molecule has 0 amide bonds. The number of rotatable bonds is 6. The van der Waals surface area contributed by atoms with Gasteiger partial charge in [0.15, 0.2) is 11.5 Å². The molecule has 0 unspecified atom stereocenters. The van der Waals surface area contributed by atoms with Crippen LogP contribution in [0.2, 0.25) is 0 Å². The molecule has 3 nitrogen and oxygen atoms in total. The van der Waals surface area contributed by atoms with E-state index in [0.717, 1.165) is 45.5 Å². The Morgan fingerprint density at radius 3 is 1.69 bits per heavy atom. The van der Waals surface area contributed by atoms with Crippen LogP contribution in [0.25, 0.3) is 33.4 Å². The summed E-state index contributed by atoms with van der Waals surface area (Å²) in [5.41, 5.74) is 17.5. The second-order valence-electron chi connectivity index (χ2n) is 15.1. The lowest BCUT2D eigenvalue weighted by molar-refractivity contribution is 0.471. The molecule has 0 aromatic heterocycles. The molecule has 264 valence electrons. The van der Waals surface area contributed by atoms with Crippen LogP contribution in [0, 0.1) is 6.92 Å². The van der Waals surface area contributed by atoms with Gasteiger partial charge in [-0.25, -0.2) is 0 Å². The van der Waals surface area contributed by atoms with Crippen molar-refractivity contribution in [3.63, 3.8) is 0 Å². The highest BCUT2D eigenvalue weighted by Gasteiger charge is 2.42. The Bertz CT molecular complexity index is 2720. The molecule has 0 bridgehead atoms. The van der Waals surface area contributed by atoms with Crippen LogP contribution in [0.1, 0.15) is 30.5 Å². The fourth-order valence-electron chi connectivity index (χ4n) is 8.54. The van der Waals surface area contributed by atoms with Gasteiger partial charge in [-0.15, -0.1) is 0 Å². The highest BCUT2D eigenvalue weighted by atomic mass is 16.5. The fraction of sp³-hybridized carbons (Fsp3) is 0.0769. The first kappa shape index (κ1) is 32.8. The Balaban J connectivity index is 1.04. The molecule has 0 saturated heterocycles. The maximum atomic E-state index is 6.55. The van der Waals surface area contributed by atoms with Gasteiger partial charge in [0, 0.05) is 22.5 Å². The van der Waals surface area contributed by atoms with Gasteiger partial charge >= 0.3 is 0 Å². The molecule has 8 aromatic rings. The van der Waals surface area contributed by atoms with Gasteiger partial charge in [0.05, 0.1) is 17.1 Å². The van der Waals surface area contributed by atoms with Crippen molar-refractivity contribution in [3.05, 3.63) is 205 Å². The quantitative estimate of drug-likeness (QED) is 0.171. The number of para-hydroxylation sites is 3. The Kier molecular flexibility index (Phi) is 7.71. The second kappa shape index (κ2) is 12.9. The van der Waals surface area contributed by atoms with Crippen LogP contribution in [-0.4, -0.2) is 0 Å². The van der Waals surface area contributed by atoms with Crippen molar-refractivity contribution in [1.82, 2.24) is 0 Å². The molecule has 0 fully saturated rings. The van der Waals surface area contributed by atoms with Crippen molar-refractivity contribution in [2.75, 3.05) is 9.80 Å². The molecule has 3 heteroatoms. The lowest BCUT2D eigenvalue weighted by Gasteiger charge is -2.45. The van der Waals surface area contributed by atoms with Gasteiger partial charge in [-0.3, -0.25) is 0 Å². The zero-order chi connectivity index (χ0) is 37.1. The molecule has 0 radical (unpaired) electrons. The normalized spacial score (nSPS) is 13.3. The van der Waals surface area contributed by atoms with Crippen LogP contribution in [0.5, 0.6) is 11.5 Å². The number of aryl methyl sites for hydroxylation is 1. The summed E-state index contributed by atoms with van der Waals surface area (Å²) in [5.74, 6) is 1.79. The van der Waals surface area contributed by atoms with Crippen molar-refractivity contribution >= 4 is 34.1 Å². The predicted molar refractivity (Wildman–Crippen MR) is 229 cm³/mol. The van der Waals surface area contributed by atoms with Gasteiger partial charge in [0.25, 0.3) is 0 Å². The number of hydrogen-bond acceptors (Lipinski definition) is 3. The second-order valence-corrected chi connectivity index (χ2v) is 15.1. The predicted octanol–water partition coefficient (Wildman–Crippen LogP) is 14.7. The molecular weight excluding hydrogens is 669 g/mol. The lowest BCUT2D eigenvalue weighted by atomic mass is 9.72. The van der Waals surface area contributed by atoms with E-state index in [1.807, 2.05) is 0 Å². The zero-order valence-corrected chi connectivity index (χ0v) is 31.2. The summed E-state index contributed by atoms with van der Waals surface area (Å²) in [7, 11) is 0. The van der Waals surface area contributed by atoms with Gasteiger partial charge in [-0.05, 0) is 118 Å². The summed E-state index contributed by atoms with van der Waals surface area (Å²) in [5, 5.41) is 0. The molecule has 2 aliphatic heterocycles. The number of benzene rings is 8. The van der Waals surface area contributed by atoms with Gasteiger partial charge in [-0.2, -0.15) is 0 Å². The maximum absolute atomic E-state index is 6.55. The minimum absolute atomic E-state index is 0.200. The number of fused-ring (bicyclic) bond motifs is 4. The first-order valence-electron chi connectivity index (χ1n) is 19.0. The van der Waals surface area contributed by atoms with Crippen molar-refractivity contribution in [1.29, 1.82) is 0 Å². The van der Waals surface area contributed by atoms with Crippen LogP contribution in [0.3, 0.4) is 0 Å². The van der Waals surface area contributed by atoms with Gasteiger partial charge < -0.3 is 14.5 Å². The molecule has 2 heterocycles. The summed E-state index contributed by atoms with van der Waals surface area (Å²) in [6.45, 7) is 6.83. The van der Waals surface area contributed by atoms with Gasteiger partial charge in [0.2, 0.25) is 0 Å². The summed E-state index contributed by atoms with van der Waals surface area (Å²) in [6.07, 6.45) is 0. The first-order valence-corrected chi connectivity index (χ1v) is 19.0. The smallest absolute Gasteiger partial charge is 0.151 e. The van der Waals surface area contributed by atoms with E-state index in [1.165, 1.54) is 50.2 Å². The Hall–Kier alpha value is -6.84. The van der Waals surface area contributed by atoms with Gasteiger partial charge in [0.1, 0.15) is 0 Å². The van der Waals surface area contributed by atoms with E-state index in [2.05, 4.69) is 219 Å². The van der Waals surface area contributed by atoms with Crippen molar-refractivity contribution in [3.8, 4) is 44.9 Å². The van der Waals surface area contributed by atoms with Crippen LogP contribution in [0.15, 0.2) is 188 Å². The van der Waals surface area contributed by atoms with E-state index >= 15 is 0 Å². The van der Waals surface area contributed by atoms with E-state index in [1.54, 1.807) is 0 Å². The molecule has 2 aliphatic rings. The number of hydrogen-bond donors (Lipinski definition) is 0. The van der Waals surface area contributed by atoms with Crippen LogP contribution in [-0.2, 0) is 5.41 Å². The summed E-state index contributed by atoms with van der Waals surface area (Å²) < 4.78 is 6.55. The minimum atomic E-state index is -0.200.